The lowest BCUT2D eigenvalue weighted by atomic mass is 10.2. The van der Waals surface area contributed by atoms with Gasteiger partial charge < -0.3 is 11.1 Å². The van der Waals surface area contributed by atoms with Crippen molar-refractivity contribution in [3.05, 3.63) is 24.3 Å². The lowest BCUT2D eigenvalue weighted by molar-refractivity contribution is 0.591. The van der Waals surface area contributed by atoms with Gasteiger partial charge in [0.2, 0.25) is 0 Å². The fourth-order valence-corrected chi connectivity index (χ4v) is 3.69. The summed E-state index contributed by atoms with van der Waals surface area (Å²) in [5.74, 6) is 0.334. The molecule has 0 spiro atoms. The van der Waals surface area contributed by atoms with Gasteiger partial charge in [-0.3, -0.25) is 0 Å². The highest BCUT2D eigenvalue weighted by Crippen LogP contribution is 2.20. The lowest BCUT2D eigenvalue weighted by Gasteiger charge is -2.11. The Morgan fingerprint density at radius 1 is 1.31 bits per heavy atom. The van der Waals surface area contributed by atoms with Crippen LogP contribution < -0.4 is 11.1 Å². The van der Waals surface area contributed by atoms with Gasteiger partial charge in [0.25, 0.3) is 0 Å². The molecule has 1 saturated heterocycles. The second kappa shape index (κ2) is 4.33. The molecule has 0 amide bonds. The molecule has 16 heavy (non-hydrogen) atoms. The molecule has 1 unspecified atom stereocenters. The van der Waals surface area contributed by atoms with Crippen molar-refractivity contribution in [3.63, 3.8) is 0 Å². The van der Waals surface area contributed by atoms with Crippen molar-refractivity contribution in [1.82, 2.24) is 0 Å². The van der Waals surface area contributed by atoms with E-state index in [0.717, 1.165) is 18.5 Å². The molecule has 88 valence electrons. The van der Waals surface area contributed by atoms with Crippen LogP contribution in [0.1, 0.15) is 12.8 Å². The SMILES string of the molecule is Nc1ccc(NCC2CCCS2(=O)=O)cc1. The molecule has 5 heteroatoms. The molecule has 1 aliphatic heterocycles. The van der Waals surface area contributed by atoms with Crippen LogP contribution in [0.4, 0.5) is 11.4 Å². The number of sulfone groups is 1. The van der Waals surface area contributed by atoms with E-state index < -0.39 is 9.84 Å². The average Bonchev–Trinajstić information content (AvgIpc) is 2.57. The summed E-state index contributed by atoms with van der Waals surface area (Å²) in [5.41, 5.74) is 7.19. The Bertz CT molecular complexity index is 453. The predicted molar refractivity (Wildman–Crippen MR) is 66.2 cm³/mol. The topological polar surface area (TPSA) is 72.2 Å². The zero-order valence-corrected chi connectivity index (χ0v) is 9.83. The molecule has 2 rings (SSSR count). The number of benzene rings is 1. The highest BCUT2D eigenvalue weighted by molar-refractivity contribution is 7.92. The third-order valence-corrected chi connectivity index (χ3v) is 5.18. The summed E-state index contributed by atoms with van der Waals surface area (Å²) < 4.78 is 23.2. The van der Waals surface area contributed by atoms with E-state index in [0.29, 0.717) is 18.0 Å². The van der Waals surface area contributed by atoms with Crippen LogP contribution in [0, 0.1) is 0 Å². The minimum absolute atomic E-state index is 0.231. The van der Waals surface area contributed by atoms with Gasteiger partial charge in [-0.1, -0.05) is 0 Å². The van der Waals surface area contributed by atoms with Gasteiger partial charge in [-0.05, 0) is 37.1 Å². The molecule has 0 bridgehead atoms. The summed E-state index contributed by atoms with van der Waals surface area (Å²) in [6.07, 6.45) is 1.56. The van der Waals surface area contributed by atoms with Gasteiger partial charge in [-0.25, -0.2) is 8.42 Å². The van der Waals surface area contributed by atoms with E-state index in [1.165, 1.54) is 0 Å². The van der Waals surface area contributed by atoms with Crippen LogP contribution in [0.25, 0.3) is 0 Å². The predicted octanol–water partition coefficient (Wildman–Crippen LogP) is 1.26. The van der Waals surface area contributed by atoms with Gasteiger partial charge in [0.15, 0.2) is 9.84 Å². The van der Waals surface area contributed by atoms with Gasteiger partial charge >= 0.3 is 0 Å². The minimum Gasteiger partial charge on any atom is -0.399 e. The molecule has 0 radical (unpaired) electrons. The third-order valence-electron chi connectivity index (χ3n) is 2.91. The number of anilines is 2. The highest BCUT2D eigenvalue weighted by atomic mass is 32.2. The molecule has 0 saturated carbocycles. The molecule has 3 N–H and O–H groups in total. The lowest BCUT2D eigenvalue weighted by Crippen LogP contribution is -2.24. The molecule has 1 aromatic carbocycles. The summed E-state index contributed by atoms with van der Waals surface area (Å²) in [4.78, 5) is 0. The van der Waals surface area contributed by atoms with Crippen LogP contribution in [0.3, 0.4) is 0 Å². The summed E-state index contributed by atoms with van der Waals surface area (Å²) in [5, 5.41) is 2.90. The largest absolute Gasteiger partial charge is 0.399 e. The van der Waals surface area contributed by atoms with Gasteiger partial charge in [-0.15, -0.1) is 0 Å². The first-order valence-electron chi connectivity index (χ1n) is 5.39. The Hall–Kier alpha value is -1.23. The molecule has 1 fully saturated rings. The normalized spacial score (nSPS) is 23.1. The maximum Gasteiger partial charge on any atom is 0.154 e. The van der Waals surface area contributed by atoms with Crippen LogP contribution >= 0.6 is 0 Å². The van der Waals surface area contributed by atoms with Crippen molar-refractivity contribution in [2.24, 2.45) is 0 Å². The van der Waals surface area contributed by atoms with Crippen molar-refractivity contribution in [2.75, 3.05) is 23.3 Å². The molecule has 0 aliphatic carbocycles. The Labute approximate surface area is 95.8 Å². The number of nitrogen functional groups attached to an aromatic ring is 1. The molecule has 1 aromatic rings. The fraction of sp³-hybridized carbons (Fsp3) is 0.455. The first kappa shape index (κ1) is 11.3. The summed E-state index contributed by atoms with van der Waals surface area (Å²) in [6, 6.07) is 7.31. The van der Waals surface area contributed by atoms with Crippen LogP contribution in [0.2, 0.25) is 0 Å². The van der Waals surface area contributed by atoms with Crippen LogP contribution in [-0.2, 0) is 9.84 Å². The fourth-order valence-electron chi connectivity index (χ4n) is 1.92. The summed E-state index contributed by atoms with van der Waals surface area (Å²) in [7, 11) is -2.85. The Balaban J connectivity index is 1.95. The van der Waals surface area contributed by atoms with E-state index >= 15 is 0 Å². The molecule has 1 heterocycles. The Morgan fingerprint density at radius 3 is 2.56 bits per heavy atom. The highest BCUT2D eigenvalue weighted by Gasteiger charge is 2.30. The van der Waals surface area contributed by atoms with E-state index in [2.05, 4.69) is 5.32 Å². The molecule has 1 atom stereocenters. The molecular weight excluding hydrogens is 224 g/mol. The van der Waals surface area contributed by atoms with Crippen molar-refractivity contribution in [2.45, 2.75) is 18.1 Å². The third kappa shape index (κ3) is 2.47. The number of hydrogen-bond donors (Lipinski definition) is 2. The first-order valence-corrected chi connectivity index (χ1v) is 7.10. The summed E-state index contributed by atoms with van der Waals surface area (Å²) >= 11 is 0. The average molecular weight is 240 g/mol. The Morgan fingerprint density at radius 2 is 2.00 bits per heavy atom. The smallest absolute Gasteiger partial charge is 0.154 e. The molecule has 4 nitrogen and oxygen atoms in total. The second-order valence-electron chi connectivity index (χ2n) is 4.13. The van der Waals surface area contributed by atoms with E-state index in [1.807, 2.05) is 12.1 Å². The maximum absolute atomic E-state index is 11.6. The first-order chi connectivity index (χ1) is 7.58. The number of hydrogen-bond acceptors (Lipinski definition) is 4. The van der Waals surface area contributed by atoms with E-state index in [-0.39, 0.29) is 5.25 Å². The standard InChI is InChI=1S/C11H16N2O2S/c12-9-3-5-10(6-4-9)13-8-11-2-1-7-16(11,14)15/h3-6,11,13H,1-2,7-8,12H2. The van der Waals surface area contributed by atoms with Gasteiger partial charge in [0.1, 0.15) is 0 Å². The van der Waals surface area contributed by atoms with Crippen LogP contribution in [-0.4, -0.2) is 26.0 Å². The molecular formula is C11H16N2O2S. The summed E-state index contributed by atoms with van der Waals surface area (Å²) in [6.45, 7) is 0.492. The number of nitrogens with two attached hydrogens (primary N) is 1. The van der Waals surface area contributed by atoms with E-state index in [1.54, 1.807) is 12.1 Å². The van der Waals surface area contributed by atoms with Crippen LogP contribution in [0.15, 0.2) is 24.3 Å². The van der Waals surface area contributed by atoms with Crippen molar-refractivity contribution < 1.29 is 8.42 Å². The maximum atomic E-state index is 11.6. The van der Waals surface area contributed by atoms with Crippen molar-refractivity contribution in [1.29, 1.82) is 0 Å². The van der Waals surface area contributed by atoms with Gasteiger partial charge in [0.05, 0.1) is 11.0 Å². The second-order valence-corrected chi connectivity index (χ2v) is 6.53. The minimum atomic E-state index is -2.85. The quantitative estimate of drug-likeness (QED) is 0.780. The monoisotopic (exact) mass is 240 g/mol. The molecule has 1 aliphatic rings. The van der Waals surface area contributed by atoms with E-state index in [4.69, 9.17) is 5.73 Å². The zero-order chi connectivity index (χ0) is 11.6. The molecule has 0 aromatic heterocycles. The van der Waals surface area contributed by atoms with Gasteiger partial charge in [0, 0.05) is 17.9 Å². The number of rotatable bonds is 3. The van der Waals surface area contributed by atoms with E-state index in [9.17, 15) is 8.42 Å². The van der Waals surface area contributed by atoms with Crippen molar-refractivity contribution in [3.8, 4) is 0 Å². The zero-order valence-electron chi connectivity index (χ0n) is 9.02. The van der Waals surface area contributed by atoms with Crippen LogP contribution in [0.5, 0.6) is 0 Å². The Kier molecular flexibility index (Phi) is 3.05. The number of nitrogens with one attached hydrogen (secondary N) is 1. The van der Waals surface area contributed by atoms with Gasteiger partial charge in [-0.2, -0.15) is 0 Å². The van der Waals surface area contributed by atoms with Crippen molar-refractivity contribution >= 4 is 21.2 Å².